The predicted molar refractivity (Wildman–Crippen MR) is 114 cm³/mol. The van der Waals surface area contributed by atoms with Gasteiger partial charge in [-0.3, -0.25) is 0 Å². The van der Waals surface area contributed by atoms with Crippen molar-refractivity contribution < 1.29 is 4.74 Å². The second kappa shape index (κ2) is 14.6. The number of unbranched alkanes of at least 4 members (excludes halogenated alkanes) is 8. The maximum absolute atomic E-state index is 6.18. The van der Waals surface area contributed by atoms with Gasteiger partial charge in [0.2, 0.25) is 0 Å². The molecule has 0 aliphatic rings. The summed E-state index contributed by atoms with van der Waals surface area (Å²) in [4.78, 5) is 0. The molecular weight excluding hydrogens is 374 g/mol. The Balaban J connectivity index is 2.43. The van der Waals surface area contributed by atoms with Crippen LogP contribution in [0.4, 0.5) is 5.69 Å². The molecule has 25 heavy (non-hydrogen) atoms. The number of hydrogen-bond donors (Lipinski definition) is 1. The van der Waals surface area contributed by atoms with Crippen molar-refractivity contribution in [3.8, 4) is 0 Å². The fraction of sp³-hybridized carbons (Fsp3) is 0.727. The first kappa shape index (κ1) is 22.5. The maximum atomic E-state index is 6.18. The number of anilines is 1. The smallest absolute Gasteiger partial charge is 0.127 e. The van der Waals surface area contributed by atoms with Gasteiger partial charge in [0, 0.05) is 16.8 Å². The van der Waals surface area contributed by atoms with E-state index in [1.807, 2.05) is 0 Å². The number of ether oxygens (including phenoxy) is 1. The fourth-order valence-electron chi connectivity index (χ4n) is 3.02. The second-order valence-electron chi connectivity index (χ2n) is 7.08. The van der Waals surface area contributed by atoms with Gasteiger partial charge in [0.05, 0.1) is 0 Å². The Hall–Kier alpha value is -0.540. The predicted octanol–water partition coefficient (Wildman–Crippen LogP) is 7.84. The van der Waals surface area contributed by atoms with Crippen LogP contribution >= 0.6 is 15.9 Å². The minimum Gasteiger partial charge on any atom is -0.360 e. The van der Waals surface area contributed by atoms with E-state index in [-0.39, 0.29) is 6.23 Å². The van der Waals surface area contributed by atoms with Gasteiger partial charge in [-0.15, -0.1) is 0 Å². The first-order valence-electron chi connectivity index (χ1n) is 10.3. The normalized spacial score (nSPS) is 12.3. The molecule has 0 heterocycles. The van der Waals surface area contributed by atoms with Crippen molar-refractivity contribution in [3.63, 3.8) is 0 Å². The van der Waals surface area contributed by atoms with Crippen LogP contribution in [-0.4, -0.2) is 12.8 Å². The van der Waals surface area contributed by atoms with E-state index in [4.69, 9.17) is 4.74 Å². The zero-order chi connectivity index (χ0) is 18.3. The summed E-state index contributed by atoms with van der Waals surface area (Å²) in [6.07, 6.45) is 14.2. The highest BCUT2D eigenvalue weighted by Crippen LogP contribution is 2.22. The molecule has 1 unspecified atom stereocenters. The van der Waals surface area contributed by atoms with E-state index < -0.39 is 0 Å². The Morgan fingerprint density at radius 2 is 1.56 bits per heavy atom. The zero-order valence-electron chi connectivity index (χ0n) is 16.6. The molecule has 0 aliphatic heterocycles. The van der Waals surface area contributed by atoms with Gasteiger partial charge in [-0.05, 0) is 49.9 Å². The Morgan fingerprint density at radius 3 is 2.24 bits per heavy atom. The molecule has 1 atom stereocenters. The van der Waals surface area contributed by atoms with E-state index in [0.29, 0.717) is 0 Å². The van der Waals surface area contributed by atoms with Gasteiger partial charge in [-0.2, -0.15) is 0 Å². The van der Waals surface area contributed by atoms with Gasteiger partial charge in [-0.25, -0.2) is 0 Å². The molecule has 0 saturated heterocycles. The average Bonchev–Trinajstić information content (AvgIpc) is 2.59. The third-order valence-corrected chi connectivity index (χ3v) is 5.13. The summed E-state index contributed by atoms with van der Waals surface area (Å²) < 4.78 is 7.31. The summed E-state index contributed by atoms with van der Waals surface area (Å²) in [6, 6.07) is 6.40. The van der Waals surface area contributed by atoms with Crippen molar-refractivity contribution in [3.05, 3.63) is 28.2 Å². The van der Waals surface area contributed by atoms with E-state index in [0.717, 1.165) is 17.5 Å². The van der Waals surface area contributed by atoms with Gasteiger partial charge in [-0.1, -0.05) is 81.1 Å². The van der Waals surface area contributed by atoms with Crippen LogP contribution in [0, 0.1) is 6.92 Å². The largest absolute Gasteiger partial charge is 0.360 e. The zero-order valence-corrected chi connectivity index (χ0v) is 18.2. The summed E-state index contributed by atoms with van der Waals surface area (Å²) in [5.41, 5.74) is 2.45. The maximum Gasteiger partial charge on any atom is 0.127 e. The standard InChI is InChI=1S/C22H38BrNO/c1-4-6-8-10-11-12-14-22(25-17-13-9-7-5-2)24-21-16-15-20(23)18-19(21)3/h15-16,18,22,24H,4-14,17H2,1-3H3. The second-order valence-corrected chi connectivity index (χ2v) is 8.00. The Kier molecular flexibility index (Phi) is 13.2. The molecule has 0 radical (unpaired) electrons. The highest BCUT2D eigenvalue weighted by Gasteiger charge is 2.10. The lowest BCUT2D eigenvalue weighted by molar-refractivity contribution is 0.0617. The summed E-state index contributed by atoms with van der Waals surface area (Å²) in [7, 11) is 0. The Labute approximate surface area is 164 Å². The Morgan fingerprint density at radius 1 is 0.920 bits per heavy atom. The minimum atomic E-state index is 0.132. The van der Waals surface area contributed by atoms with Crippen molar-refractivity contribution in [1.29, 1.82) is 0 Å². The van der Waals surface area contributed by atoms with Crippen LogP contribution in [0.2, 0.25) is 0 Å². The van der Waals surface area contributed by atoms with Crippen LogP contribution in [0.25, 0.3) is 0 Å². The molecule has 1 aromatic rings. The molecule has 0 aliphatic carbocycles. The molecule has 1 N–H and O–H groups in total. The summed E-state index contributed by atoms with van der Waals surface area (Å²) in [5, 5.41) is 3.62. The van der Waals surface area contributed by atoms with Gasteiger partial charge in [0.15, 0.2) is 0 Å². The number of benzene rings is 1. The molecule has 0 amide bonds. The van der Waals surface area contributed by atoms with Crippen LogP contribution in [0.3, 0.4) is 0 Å². The molecule has 0 spiro atoms. The first-order chi connectivity index (χ1) is 12.2. The van der Waals surface area contributed by atoms with Crippen molar-refractivity contribution in [1.82, 2.24) is 0 Å². The molecule has 0 aromatic heterocycles. The summed E-state index contributed by atoms with van der Waals surface area (Å²) >= 11 is 3.54. The monoisotopic (exact) mass is 411 g/mol. The van der Waals surface area contributed by atoms with Crippen molar-refractivity contribution in [2.45, 2.75) is 97.6 Å². The van der Waals surface area contributed by atoms with Crippen LogP contribution in [0.1, 0.15) is 90.0 Å². The number of hydrogen-bond acceptors (Lipinski definition) is 2. The molecular formula is C22H38BrNO. The lowest BCUT2D eigenvalue weighted by Gasteiger charge is -2.22. The lowest BCUT2D eigenvalue weighted by Crippen LogP contribution is -2.24. The molecule has 0 saturated carbocycles. The SMILES string of the molecule is CCCCCCCCC(Nc1ccc(Br)cc1C)OCCCCCC. The van der Waals surface area contributed by atoms with Crippen LogP contribution < -0.4 is 5.32 Å². The van der Waals surface area contributed by atoms with Gasteiger partial charge in [0.25, 0.3) is 0 Å². The quantitative estimate of drug-likeness (QED) is 0.234. The average molecular weight is 412 g/mol. The number of aryl methyl sites for hydroxylation is 1. The lowest BCUT2D eigenvalue weighted by atomic mass is 10.1. The molecule has 0 bridgehead atoms. The van der Waals surface area contributed by atoms with Gasteiger partial charge < -0.3 is 10.1 Å². The van der Waals surface area contributed by atoms with Crippen molar-refractivity contribution in [2.24, 2.45) is 0 Å². The van der Waals surface area contributed by atoms with E-state index in [1.54, 1.807) is 0 Å². The molecule has 2 nitrogen and oxygen atoms in total. The van der Waals surface area contributed by atoms with Crippen molar-refractivity contribution >= 4 is 21.6 Å². The molecule has 1 rings (SSSR count). The number of nitrogens with one attached hydrogen (secondary N) is 1. The van der Waals surface area contributed by atoms with Crippen LogP contribution in [0.15, 0.2) is 22.7 Å². The topological polar surface area (TPSA) is 21.3 Å². The van der Waals surface area contributed by atoms with Crippen molar-refractivity contribution in [2.75, 3.05) is 11.9 Å². The van der Waals surface area contributed by atoms with E-state index in [9.17, 15) is 0 Å². The molecule has 144 valence electrons. The highest BCUT2D eigenvalue weighted by molar-refractivity contribution is 9.10. The Bertz CT molecular complexity index is 450. The third-order valence-electron chi connectivity index (χ3n) is 4.64. The third kappa shape index (κ3) is 10.9. The number of rotatable bonds is 15. The van der Waals surface area contributed by atoms with Crippen LogP contribution in [-0.2, 0) is 4.74 Å². The molecule has 3 heteroatoms. The van der Waals surface area contributed by atoms with Gasteiger partial charge in [0.1, 0.15) is 6.23 Å². The fourth-order valence-corrected chi connectivity index (χ4v) is 3.50. The minimum absolute atomic E-state index is 0.132. The van der Waals surface area contributed by atoms with E-state index in [2.05, 4.69) is 60.2 Å². The summed E-state index contributed by atoms with van der Waals surface area (Å²) in [5.74, 6) is 0. The first-order valence-corrected chi connectivity index (χ1v) is 11.1. The van der Waals surface area contributed by atoms with Gasteiger partial charge >= 0.3 is 0 Å². The molecule has 1 aromatic carbocycles. The van der Waals surface area contributed by atoms with Crippen LogP contribution in [0.5, 0.6) is 0 Å². The highest BCUT2D eigenvalue weighted by atomic mass is 79.9. The molecule has 0 fully saturated rings. The van der Waals surface area contributed by atoms with E-state index in [1.165, 1.54) is 75.5 Å². The number of halogens is 1. The summed E-state index contributed by atoms with van der Waals surface area (Å²) in [6.45, 7) is 7.53. The van der Waals surface area contributed by atoms with E-state index >= 15 is 0 Å².